The molecule has 0 aliphatic heterocycles. The number of imidazole rings is 1. The van der Waals surface area contributed by atoms with E-state index in [1.54, 1.807) is 31.3 Å². The number of fused-ring (bicyclic) bond motifs is 3. The number of primary amides is 1. The molecule has 1 aromatic heterocycles. The number of phenolic OH excluding ortho intramolecular Hbond substituents is 1. The highest BCUT2D eigenvalue weighted by molar-refractivity contribution is 6.24. The molecular weight excluding hydrogens is 619 g/mol. The van der Waals surface area contributed by atoms with Crippen LogP contribution in [0.1, 0.15) is 17.5 Å². The Hall–Kier alpha value is -4.11. The summed E-state index contributed by atoms with van der Waals surface area (Å²) in [4.78, 5) is 59.2. The van der Waals surface area contributed by atoms with Crippen molar-refractivity contribution in [1.82, 2.24) is 14.5 Å². The standard InChI is InChI=1S/C28H32N6O8.2ClH/c1-32(2)16-9-15(31-17(35)10-34-6-5-30-11-34)22(36)19-13(16)7-12-8-14-21(33(3)4)24(38)20(27(29)41)26(40)28(14,42)25(39)18(12)23(19)37;;/h5-6,9,11-12,14,21,36-37,40,42H,7-8,10H2,1-4H3,(H2,29,41)(H,31,35);2*1H/t12?,14?,21-,28-;;/m0../s1. The fourth-order valence-corrected chi connectivity index (χ4v) is 6.52. The van der Waals surface area contributed by atoms with Crippen molar-refractivity contribution in [1.29, 1.82) is 0 Å². The molecule has 0 radical (unpaired) electrons. The lowest BCUT2D eigenvalue weighted by Crippen LogP contribution is -2.65. The van der Waals surface area contributed by atoms with Gasteiger partial charge in [0.1, 0.15) is 29.4 Å². The zero-order chi connectivity index (χ0) is 30.8. The van der Waals surface area contributed by atoms with Crippen molar-refractivity contribution in [3.63, 3.8) is 0 Å². The first-order valence-electron chi connectivity index (χ1n) is 13.2. The van der Waals surface area contributed by atoms with E-state index < -0.39 is 69.7 Å². The number of amides is 2. The molecule has 2 unspecified atom stereocenters. The maximum atomic E-state index is 14.0. The number of anilines is 2. The Bertz CT molecular complexity index is 1600. The van der Waals surface area contributed by atoms with Gasteiger partial charge in [-0.2, -0.15) is 0 Å². The van der Waals surface area contributed by atoms with Crippen LogP contribution in [0.2, 0.25) is 0 Å². The molecule has 16 heteroatoms. The topological polar surface area (TPSA) is 212 Å². The van der Waals surface area contributed by atoms with E-state index in [9.17, 15) is 39.6 Å². The molecule has 7 N–H and O–H groups in total. The molecule has 0 spiro atoms. The zero-order valence-electron chi connectivity index (χ0n) is 24.3. The molecule has 2 amide bonds. The number of nitrogens with zero attached hydrogens (tertiary/aromatic N) is 4. The van der Waals surface area contributed by atoms with Gasteiger partial charge >= 0.3 is 0 Å². The van der Waals surface area contributed by atoms with Crippen LogP contribution in [-0.4, -0.2) is 98.1 Å². The maximum Gasteiger partial charge on any atom is 0.255 e. The third-order valence-electron chi connectivity index (χ3n) is 8.34. The van der Waals surface area contributed by atoms with E-state index in [0.29, 0.717) is 11.3 Å². The van der Waals surface area contributed by atoms with Gasteiger partial charge in [-0.1, -0.05) is 0 Å². The van der Waals surface area contributed by atoms with Crippen LogP contribution >= 0.6 is 24.8 Å². The smallest absolute Gasteiger partial charge is 0.255 e. The van der Waals surface area contributed by atoms with Gasteiger partial charge in [-0.25, -0.2) is 4.98 Å². The number of carbonyl (C=O) groups excluding carboxylic acids is 4. The van der Waals surface area contributed by atoms with Gasteiger partial charge in [0.2, 0.25) is 11.7 Å². The van der Waals surface area contributed by atoms with Crippen LogP contribution < -0.4 is 16.0 Å². The highest BCUT2D eigenvalue weighted by atomic mass is 35.5. The highest BCUT2D eigenvalue weighted by Crippen LogP contribution is 2.54. The number of Topliss-reactive ketones (excluding diaryl/α,β-unsaturated/α-hetero) is 2. The van der Waals surface area contributed by atoms with Gasteiger partial charge in [0, 0.05) is 43.7 Å². The number of nitrogens with two attached hydrogens (primary N) is 1. The summed E-state index contributed by atoms with van der Waals surface area (Å²) in [6.07, 6.45) is 4.65. The molecule has 1 heterocycles. The van der Waals surface area contributed by atoms with E-state index >= 15 is 0 Å². The lowest BCUT2D eigenvalue weighted by molar-refractivity contribution is -0.153. The van der Waals surface area contributed by atoms with Gasteiger partial charge in [-0.15, -0.1) is 24.8 Å². The van der Waals surface area contributed by atoms with Crippen LogP contribution in [0.3, 0.4) is 0 Å². The summed E-state index contributed by atoms with van der Waals surface area (Å²) in [5.74, 6) is -7.90. The Kier molecular flexibility index (Phi) is 9.47. The van der Waals surface area contributed by atoms with Crippen LogP contribution in [0.25, 0.3) is 5.76 Å². The van der Waals surface area contributed by atoms with E-state index in [0.717, 1.165) is 0 Å². The minimum Gasteiger partial charge on any atom is -0.508 e. The number of halogens is 2. The van der Waals surface area contributed by atoms with Crippen molar-refractivity contribution < 1.29 is 39.6 Å². The Balaban J connectivity index is 0.00000264. The molecule has 0 bridgehead atoms. The predicted octanol–water partition coefficient (Wildman–Crippen LogP) is 0.709. The lowest BCUT2D eigenvalue weighted by atomic mass is 9.57. The molecule has 4 atom stereocenters. The number of aliphatic hydroxyl groups excluding tert-OH is 2. The number of likely N-dealkylation sites (N-methyl/N-ethyl adjacent to an activating group) is 1. The first-order valence-corrected chi connectivity index (χ1v) is 13.2. The monoisotopic (exact) mass is 652 g/mol. The van der Waals surface area contributed by atoms with Crippen molar-refractivity contribution in [3.05, 3.63) is 52.8 Å². The second-order valence-electron chi connectivity index (χ2n) is 11.3. The summed E-state index contributed by atoms with van der Waals surface area (Å²) < 4.78 is 1.52. The average molecular weight is 654 g/mol. The van der Waals surface area contributed by atoms with E-state index in [2.05, 4.69) is 10.3 Å². The Labute approximate surface area is 264 Å². The number of benzene rings is 1. The predicted molar refractivity (Wildman–Crippen MR) is 164 cm³/mol. The van der Waals surface area contributed by atoms with Crippen LogP contribution in [0.4, 0.5) is 11.4 Å². The lowest BCUT2D eigenvalue weighted by Gasteiger charge is -2.50. The number of carbonyl (C=O) groups is 4. The average Bonchev–Trinajstić information content (AvgIpc) is 3.40. The molecule has 1 saturated carbocycles. The third kappa shape index (κ3) is 5.07. The number of rotatable bonds is 6. The Morgan fingerprint density at radius 2 is 1.82 bits per heavy atom. The quantitative estimate of drug-likeness (QED) is 0.189. The number of aliphatic hydroxyl groups is 3. The SMILES string of the molecule is CN(C)c1cc(NC(=O)Cn2ccnc2)c(O)c2c1CC1CC3[C@H](N(C)C)C(=O)C(C(N)=O)=C(O)[C@@]3(O)C(=O)C1=C2O.Cl.Cl. The normalized spacial score (nSPS) is 24.1. The molecule has 3 aliphatic carbocycles. The number of aromatic nitrogens is 2. The van der Waals surface area contributed by atoms with Crippen LogP contribution in [0.5, 0.6) is 5.75 Å². The summed E-state index contributed by atoms with van der Waals surface area (Å²) in [7, 11) is 6.55. The maximum absolute atomic E-state index is 14.0. The van der Waals surface area contributed by atoms with Crippen molar-refractivity contribution in [2.75, 3.05) is 38.4 Å². The number of hydrogen-bond donors (Lipinski definition) is 6. The highest BCUT2D eigenvalue weighted by Gasteiger charge is 2.64. The Morgan fingerprint density at radius 1 is 1.16 bits per heavy atom. The number of ketones is 2. The van der Waals surface area contributed by atoms with Gasteiger partial charge in [0.25, 0.3) is 5.91 Å². The minimum atomic E-state index is -2.73. The van der Waals surface area contributed by atoms with E-state index in [4.69, 9.17) is 5.73 Å². The largest absolute Gasteiger partial charge is 0.508 e. The number of nitrogens with one attached hydrogen (secondary N) is 1. The third-order valence-corrected chi connectivity index (χ3v) is 8.34. The molecule has 1 aromatic carbocycles. The van der Waals surface area contributed by atoms with Gasteiger partial charge in [0.15, 0.2) is 11.4 Å². The van der Waals surface area contributed by atoms with Crippen LogP contribution in [-0.2, 0) is 32.1 Å². The first-order chi connectivity index (χ1) is 19.7. The van der Waals surface area contributed by atoms with Crippen LogP contribution in [0.15, 0.2) is 41.7 Å². The van der Waals surface area contributed by atoms with Crippen molar-refractivity contribution in [2.24, 2.45) is 17.6 Å². The molecule has 44 heavy (non-hydrogen) atoms. The van der Waals surface area contributed by atoms with Gasteiger partial charge in [0.05, 0.1) is 23.6 Å². The number of hydrogen-bond acceptors (Lipinski definition) is 11. The van der Waals surface area contributed by atoms with Gasteiger partial charge in [-0.3, -0.25) is 24.1 Å². The second-order valence-corrected chi connectivity index (χ2v) is 11.3. The molecular formula is C28H34Cl2N6O8. The molecule has 1 fully saturated rings. The van der Waals surface area contributed by atoms with Crippen LogP contribution in [0, 0.1) is 11.8 Å². The zero-order valence-corrected chi connectivity index (χ0v) is 25.9. The Morgan fingerprint density at radius 3 is 2.36 bits per heavy atom. The number of phenols is 1. The van der Waals surface area contributed by atoms with E-state index in [-0.39, 0.29) is 61.0 Å². The fourth-order valence-electron chi connectivity index (χ4n) is 6.52. The second kappa shape index (κ2) is 12.1. The molecule has 14 nitrogen and oxygen atoms in total. The van der Waals surface area contributed by atoms with Gasteiger partial charge < -0.3 is 40.9 Å². The van der Waals surface area contributed by atoms with Crippen molar-refractivity contribution >= 4 is 65.3 Å². The fraction of sp³-hybridized carbons (Fsp3) is 0.393. The molecule has 2 aromatic rings. The summed E-state index contributed by atoms with van der Waals surface area (Å²) in [6.45, 7) is -0.102. The van der Waals surface area contributed by atoms with Crippen molar-refractivity contribution in [3.8, 4) is 5.75 Å². The van der Waals surface area contributed by atoms with E-state index in [1.807, 2.05) is 0 Å². The number of aromatic hydroxyl groups is 1. The summed E-state index contributed by atoms with van der Waals surface area (Å²) in [5.41, 5.74) is 2.36. The summed E-state index contributed by atoms with van der Waals surface area (Å²) in [6, 6.07) is 0.386. The molecule has 238 valence electrons. The van der Waals surface area contributed by atoms with Gasteiger partial charge in [-0.05, 0) is 44.5 Å². The molecule has 5 rings (SSSR count). The molecule has 0 saturated heterocycles. The first kappa shape index (κ1) is 34.4. The van der Waals surface area contributed by atoms with E-state index in [1.165, 1.54) is 36.1 Å². The minimum absolute atomic E-state index is 0. The molecule has 3 aliphatic rings. The summed E-state index contributed by atoms with van der Waals surface area (Å²) >= 11 is 0. The summed E-state index contributed by atoms with van der Waals surface area (Å²) in [5, 5.41) is 48.2. The van der Waals surface area contributed by atoms with Crippen molar-refractivity contribution in [2.45, 2.75) is 31.0 Å².